The molecule has 5 nitrogen and oxygen atoms in total. The van der Waals surface area contributed by atoms with Crippen molar-refractivity contribution in [2.75, 3.05) is 45.8 Å². The van der Waals surface area contributed by atoms with Crippen LogP contribution in [0.3, 0.4) is 0 Å². The summed E-state index contributed by atoms with van der Waals surface area (Å²) in [5.74, 6) is 1.22. The Kier molecular flexibility index (Phi) is 6.92. The molecule has 0 N–H and O–H groups in total. The number of fused-ring (bicyclic) bond motifs is 1. The van der Waals surface area contributed by atoms with Crippen LogP contribution in [0.2, 0.25) is 0 Å². The van der Waals surface area contributed by atoms with Gasteiger partial charge in [-0.1, -0.05) is 46.3 Å². The molecule has 1 aromatic rings. The molecule has 2 bridgehead atoms. The molecule has 6 heteroatoms. The first kappa shape index (κ1) is 24.9. The summed E-state index contributed by atoms with van der Waals surface area (Å²) in [7, 11) is 0. The maximum absolute atomic E-state index is 13.3. The van der Waals surface area contributed by atoms with Gasteiger partial charge in [-0.25, -0.2) is 4.39 Å². The Bertz CT molecular complexity index is 939. The summed E-state index contributed by atoms with van der Waals surface area (Å²) < 4.78 is 13.2. The molecule has 2 unspecified atom stereocenters. The van der Waals surface area contributed by atoms with Crippen molar-refractivity contribution in [2.45, 2.75) is 47.5 Å². The third-order valence-electron chi connectivity index (χ3n) is 8.32. The largest absolute Gasteiger partial charge is 0.337 e. The molecule has 4 aliphatic rings. The molecule has 0 radical (unpaired) electrons. The third kappa shape index (κ3) is 5.07. The van der Waals surface area contributed by atoms with Crippen molar-refractivity contribution in [3.8, 4) is 0 Å². The highest BCUT2D eigenvalue weighted by atomic mass is 19.1. The monoisotopic (exact) mass is 469 g/mol. The highest BCUT2D eigenvalue weighted by molar-refractivity contribution is 5.94. The maximum Gasteiger partial charge on any atom is 0.253 e. The Labute approximate surface area is 204 Å². The van der Waals surface area contributed by atoms with E-state index in [1.165, 1.54) is 24.1 Å². The van der Waals surface area contributed by atoms with Crippen molar-refractivity contribution >= 4 is 11.8 Å². The molecular weight excluding hydrogens is 429 g/mol. The number of piperazine rings is 1. The van der Waals surface area contributed by atoms with Gasteiger partial charge in [0.2, 0.25) is 5.91 Å². The molecule has 5 rings (SSSR count). The van der Waals surface area contributed by atoms with Gasteiger partial charge < -0.3 is 9.80 Å². The van der Waals surface area contributed by atoms with Gasteiger partial charge >= 0.3 is 0 Å². The van der Waals surface area contributed by atoms with E-state index in [1.807, 2.05) is 25.7 Å². The molecule has 2 fully saturated rings. The van der Waals surface area contributed by atoms with Gasteiger partial charge in [-0.05, 0) is 54.4 Å². The first-order valence-electron chi connectivity index (χ1n) is 12.7. The smallest absolute Gasteiger partial charge is 0.253 e. The summed E-state index contributed by atoms with van der Waals surface area (Å²) in [6.07, 6.45) is 4.80. The van der Waals surface area contributed by atoms with Crippen LogP contribution in [0.5, 0.6) is 0 Å². The second-order valence-electron chi connectivity index (χ2n) is 11.9. The number of amides is 2. The lowest BCUT2D eigenvalue weighted by Crippen LogP contribution is -2.53. The number of hydrogen-bond acceptors (Lipinski definition) is 3. The van der Waals surface area contributed by atoms with Crippen LogP contribution >= 0.6 is 0 Å². The van der Waals surface area contributed by atoms with E-state index in [-0.39, 0.29) is 17.6 Å². The van der Waals surface area contributed by atoms with Crippen molar-refractivity contribution in [2.24, 2.45) is 22.7 Å². The minimum Gasteiger partial charge on any atom is -0.337 e. The van der Waals surface area contributed by atoms with Crippen molar-refractivity contribution in [1.29, 1.82) is 0 Å². The minimum atomic E-state index is -0.410. The first-order chi connectivity index (χ1) is 16.0. The number of rotatable bonds is 6. The molecule has 1 heterocycles. The molecule has 0 aromatic heterocycles. The third-order valence-corrected chi connectivity index (χ3v) is 8.32. The van der Waals surface area contributed by atoms with Crippen LogP contribution in [-0.4, -0.2) is 72.3 Å². The van der Waals surface area contributed by atoms with E-state index in [0.29, 0.717) is 36.5 Å². The maximum atomic E-state index is 13.3. The average Bonchev–Trinajstić information content (AvgIpc) is 2.81. The minimum absolute atomic E-state index is 0.0464. The fourth-order valence-corrected chi connectivity index (χ4v) is 5.81. The molecule has 34 heavy (non-hydrogen) atoms. The quantitative estimate of drug-likeness (QED) is 0.578. The first-order valence-corrected chi connectivity index (χ1v) is 12.7. The van der Waals surface area contributed by atoms with Crippen molar-refractivity contribution < 1.29 is 14.0 Å². The highest BCUT2D eigenvalue weighted by Crippen LogP contribution is 2.59. The van der Waals surface area contributed by atoms with Gasteiger partial charge in [0.15, 0.2) is 0 Å². The van der Waals surface area contributed by atoms with Crippen molar-refractivity contribution in [1.82, 2.24) is 14.7 Å². The second-order valence-corrected chi connectivity index (χ2v) is 11.9. The lowest BCUT2D eigenvalue weighted by Gasteiger charge is -2.57. The Hall–Kier alpha value is -2.21. The molecule has 0 spiro atoms. The number of benzene rings is 1. The van der Waals surface area contributed by atoms with Crippen LogP contribution in [0.4, 0.5) is 4.39 Å². The SMILES string of the molecule is CC(C)(C)C(=O)N(CCN1CCN(C(=O)c2ccc(F)cc2)CC1)CC1=CCC2CC1C2(C)C. The Balaban J connectivity index is 1.33. The zero-order valence-corrected chi connectivity index (χ0v) is 21.4. The summed E-state index contributed by atoms with van der Waals surface area (Å²) in [5.41, 5.74) is 1.92. The van der Waals surface area contributed by atoms with Crippen LogP contribution < -0.4 is 0 Å². The van der Waals surface area contributed by atoms with Crippen LogP contribution in [-0.2, 0) is 4.79 Å². The number of carbonyl (C=O) groups excluding carboxylic acids is 2. The Morgan fingerprint density at radius 1 is 1.09 bits per heavy atom. The zero-order chi connectivity index (χ0) is 24.7. The van der Waals surface area contributed by atoms with E-state index >= 15 is 0 Å². The van der Waals surface area contributed by atoms with Crippen molar-refractivity contribution in [3.05, 3.63) is 47.3 Å². The van der Waals surface area contributed by atoms with Gasteiger partial charge in [-0.2, -0.15) is 0 Å². The Morgan fingerprint density at radius 2 is 1.74 bits per heavy atom. The predicted molar refractivity (Wildman–Crippen MR) is 133 cm³/mol. The van der Waals surface area contributed by atoms with Crippen LogP contribution in [0.15, 0.2) is 35.9 Å². The topological polar surface area (TPSA) is 43.9 Å². The molecule has 2 atom stereocenters. The summed E-state index contributed by atoms with van der Waals surface area (Å²) in [6.45, 7) is 15.9. The molecule has 1 saturated carbocycles. The van der Waals surface area contributed by atoms with E-state index in [4.69, 9.17) is 0 Å². The number of allylic oxidation sites excluding steroid dienone is 1. The van der Waals surface area contributed by atoms with E-state index < -0.39 is 5.41 Å². The molecule has 2 amide bonds. The second kappa shape index (κ2) is 9.44. The van der Waals surface area contributed by atoms with Crippen LogP contribution in [0, 0.1) is 28.5 Å². The predicted octanol–water partition coefficient (Wildman–Crippen LogP) is 4.45. The molecular formula is C28H40FN3O2. The number of carbonyl (C=O) groups is 2. The zero-order valence-electron chi connectivity index (χ0n) is 21.4. The number of halogens is 1. The fraction of sp³-hybridized carbons (Fsp3) is 0.643. The highest BCUT2D eigenvalue weighted by Gasteiger charge is 2.51. The van der Waals surface area contributed by atoms with Gasteiger partial charge in [0.05, 0.1) is 0 Å². The number of hydrogen-bond donors (Lipinski definition) is 0. The van der Waals surface area contributed by atoms with Gasteiger partial charge in [0.25, 0.3) is 5.91 Å². The molecule has 3 aliphatic carbocycles. The average molecular weight is 470 g/mol. The van der Waals surface area contributed by atoms with Gasteiger partial charge in [0, 0.05) is 56.8 Å². The lowest BCUT2D eigenvalue weighted by atomic mass is 9.49. The fourth-order valence-electron chi connectivity index (χ4n) is 5.81. The summed E-state index contributed by atoms with van der Waals surface area (Å²) in [4.78, 5) is 32.3. The van der Waals surface area contributed by atoms with Gasteiger partial charge in [-0.3, -0.25) is 14.5 Å². The van der Waals surface area contributed by atoms with Crippen LogP contribution in [0.1, 0.15) is 57.8 Å². The van der Waals surface area contributed by atoms with Gasteiger partial charge in [0.1, 0.15) is 5.82 Å². The molecule has 1 saturated heterocycles. The van der Waals surface area contributed by atoms with E-state index in [2.05, 4.69) is 29.7 Å². The Morgan fingerprint density at radius 3 is 2.29 bits per heavy atom. The van der Waals surface area contributed by atoms with Crippen LogP contribution in [0.25, 0.3) is 0 Å². The standard InChI is InChI=1S/C28H40FN3O2/c1-27(2,3)26(34)32(19-21-6-9-22-18-24(21)28(22,4)5)17-14-30-12-15-31(16-13-30)25(33)20-7-10-23(29)11-8-20/h6-8,10-11,22,24H,9,12-19H2,1-5H3. The number of nitrogens with zero attached hydrogens (tertiary/aromatic N) is 3. The van der Waals surface area contributed by atoms with E-state index in [1.54, 1.807) is 12.1 Å². The summed E-state index contributed by atoms with van der Waals surface area (Å²) in [5, 5.41) is 0. The van der Waals surface area contributed by atoms with Gasteiger partial charge in [-0.15, -0.1) is 0 Å². The molecule has 1 aliphatic heterocycles. The molecule has 1 aromatic carbocycles. The lowest BCUT2D eigenvalue weighted by molar-refractivity contribution is -0.139. The summed E-state index contributed by atoms with van der Waals surface area (Å²) in [6, 6.07) is 5.75. The molecule has 186 valence electrons. The van der Waals surface area contributed by atoms with E-state index in [0.717, 1.165) is 38.5 Å². The summed E-state index contributed by atoms with van der Waals surface area (Å²) >= 11 is 0. The normalized spacial score (nSPS) is 24.3. The van der Waals surface area contributed by atoms with Crippen molar-refractivity contribution in [3.63, 3.8) is 0 Å². The van der Waals surface area contributed by atoms with E-state index in [9.17, 15) is 14.0 Å².